The van der Waals surface area contributed by atoms with E-state index in [-0.39, 0.29) is 36.5 Å². The molecule has 1 saturated carbocycles. The number of β-amino-alcohol motifs (C(OH)–C–C–N with tert-alkyl or cyclic N) is 1. The zero-order valence-electron chi connectivity index (χ0n) is 24.0. The molecule has 7 nitrogen and oxygen atoms in total. The third kappa shape index (κ3) is 5.39. The molecule has 40 heavy (non-hydrogen) atoms. The van der Waals surface area contributed by atoms with Gasteiger partial charge in [-0.25, -0.2) is 8.78 Å². The fourth-order valence-electron chi connectivity index (χ4n) is 6.53. The number of alkyl halides is 1. The van der Waals surface area contributed by atoms with Gasteiger partial charge in [0.2, 0.25) is 0 Å². The van der Waals surface area contributed by atoms with E-state index in [0.29, 0.717) is 49.2 Å². The van der Waals surface area contributed by atoms with E-state index in [9.17, 15) is 14.3 Å². The number of nitrogens with two attached hydrogens (primary N) is 1. The van der Waals surface area contributed by atoms with Gasteiger partial charge in [0.1, 0.15) is 11.5 Å². The second kappa shape index (κ2) is 10.8. The number of halogens is 2. The number of hydrogen-bond acceptors (Lipinski definition) is 5. The lowest BCUT2D eigenvalue weighted by Crippen LogP contribution is -2.47. The molecular formula is C31H41F2N5O2. The number of carbonyl (C=O) groups is 1. The number of fused-ring (bicyclic) bond motifs is 1. The van der Waals surface area contributed by atoms with E-state index < -0.39 is 17.1 Å². The number of likely N-dealkylation sites (tertiary alicyclic amines) is 1. The Morgan fingerprint density at radius 1 is 1.20 bits per heavy atom. The quantitative estimate of drug-likeness (QED) is 0.441. The van der Waals surface area contributed by atoms with Crippen molar-refractivity contribution in [1.29, 1.82) is 0 Å². The van der Waals surface area contributed by atoms with Crippen molar-refractivity contribution in [3.63, 3.8) is 0 Å². The zero-order valence-corrected chi connectivity index (χ0v) is 24.0. The molecule has 1 aliphatic carbocycles. The summed E-state index contributed by atoms with van der Waals surface area (Å²) in [5, 5.41) is 16.3. The first-order chi connectivity index (χ1) is 18.9. The Morgan fingerprint density at radius 2 is 1.93 bits per heavy atom. The lowest BCUT2D eigenvalue weighted by Gasteiger charge is -2.37. The first-order valence-electron chi connectivity index (χ1n) is 14.4. The zero-order chi connectivity index (χ0) is 28.8. The highest BCUT2D eigenvalue weighted by molar-refractivity contribution is 6.05. The van der Waals surface area contributed by atoms with Crippen molar-refractivity contribution in [2.45, 2.75) is 76.2 Å². The Balaban J connectivity index is 1.54. The van der Waals surface area contributed by atoms with Crippen LogP contribution in [0.4, 0.5) is 8.78 Å². The maximum absolute atomic E-state index is 16.8. The van der Waals surface area contributed by atoms with Crippen molar-refractivity contribution in [3.05, 3.63) is 53.5 Å². The van der Waals surface area contributed by atoms with Gasteiger partial charge < -0.3 is 15.7 Å². The van der Waals surface area contributed by atoms with Crippen LogP contribution in [0.2, 0.25) is 0 Å². The number of hydrogen-bond donors (Lipinski definition) is 2. The van der Waals surface area contributed by atoms with Crippen LogP contribution in [0.25, 0.3) is 22.0 Å². The highest BCUT2D eigenvalue weighted by Gasteiger charge is 2.44. The normalized spacial score (nSPS) is 25.7. The van der Waals surface area contributed by atoms with E-state index >= 15 is 4.39 Å². The van der Waals surface area contributed by atoms with Crippen molar-refractivity contribution in [1.82, 2.24) is 19.6 Å². The molecular weight excluding hydrogens is 512 g/mol. The third-order valence-corrected chi connectivity index (χ3v) is 8.89. The first kappa shape index (κ1) is 28.6. The summed E-state index contributed by atoms with van der Waals surface area (Å²) in [6, 6.07) is 7.92. The summed E-state index contributed by atoms with van der Waals surface area (Å²) >= 11 is 0. The predicted octanol–water partition coefficient (Wildman–Crippen LogP) is 4.75. The van der Waals surface area contributed by atoms with E-state index in [1.807, 2.05) is 31.7 Å². The first-order valence-corrected chi connectivity index (χ1v) is 14.4. The van der Waals surface area contributed by atoms with Crippen molar-refractivity contribution in [3.8, 4) is 11.1 Å². The average molecular weight is 554 g/mol. The minimum Gasteiger partial charge on any atom is -0.389 e. The van der Waals surface area contributed by atoms with Gasteiger partial charge in [0.05, 0.1) is 22.9 Å². The van der Waals surface area contributed by atoms with E-state index in [1.165, 1.54) is 12.1 Å². The second-order valence-corrected chi connectivity index (χ2v) is 12.1. The maximum Gasteiger partial charge on any atom is 0.254 e. The Bertz CT molecular complexity index is 1400. The summed E-state index contributed by atoms with van der Waals surface area (Å²) in [5.41, 5.74) is 6.23. The van der Waals surface area contributed by atoms with Gasteiger partial charge in [-0.3, -0.25) is 14.4 Å². The van der Waals surface area contributed by atoms with Gasteiger partial charge in [-0.15, -0.1) is 0 Å². The Morgan fingerprint density at radius 3 is 2.60 bits per heavy atom. The molecule has 2 heterocycles. The molecule has 2 aromatic carbocycles. The molecule has 1 aromatic heterocycles. The minimum atomic E-state index is -1.65. The van der Waals surface area contributed by atoms with Crippen LogP contribution in [0.3, 0.4) is 0 Å². The lowest BCUT2D eigenvalue weighted by atomic mass is 9.82. The molecule has 9 heteroatoms. The Hall–Kier alpha value is -2.88. The van der Waals surface area contributed by atoms with E-state index in [1.54, 1.807) is 35.0 Å². The average Bonchev–Trinajstić information content (AvgIpc) is 3.48. The molecule has 1 aliphatic heterocycles. The third-order valence-electron chi connectivity index (χ3n) is 8.89. The molecule has 2 aliphatic rings. The molecule has 1 unspecified atom stereocenters. The number of aliphatic hydroxyl groups is 1. The van der Waals surface area contributed by atoms with Gasteiger partial charge in [0.25, 0.3) is 5.91 Å². The van der Waals surface area contributed by atoms with Gasteiger partial charge in [-0.2, -0.15) is 5.10 Å². The number of aromatic nitrogens is 2. The molecule has 3 N–H and O–H groups in total. The summed E-state index contributed by atoms with van der Waals surface area (Å²) in [5.74, 6) is -0.766. The van der Waals surface area contributed by atoms with Crippen LogP contribution in [-0.4, -0.2) is 74.5 Å². The standard InChI is InChI=1S/C31H41F2N5O2/c1-5-38(20(2)3)29(39)26-16-22(32)6-7-24(26)25-14-21(15-28-27(25)17-35-36(28)4)31(33)12-13-37(19-31)18-30(40)10-8-23(34)9-11-30/h6-7,14-17,20,23,40H,5,8-13,18-19,34H2,1-4H3. The SMILES string of the molecule is CCN(C(=O)c1cc(F)ccc1-c1cc(C2(F)CCN(CC3(O)CCC(N)CC3)C2)cc2c1cnn2C)C(C)C. The van der Waals surface area contributed by atoms with Gasteiger partial charge in [-0.1, -0.05) is 6.07 Å². The van der Waals surface area contributed by atoms with Crippen LogP contribution in [0.15, 0.2) is 36.5 Å². The molecule has 216 valence electrons. The van der Waals surface area contributed by atoms with Crippen molar-refractivity contribution >= 4 is 16.8 Å². The van der Waals surface area contributed by atoms with Gasteiger partial charge >= 0.3 is 0 Å². The highest BCUT2D eigenvalue weighted by Crippen LogP contribution is 2.42. The summed E-state index contributed by atoms with van der Waals surface area (Å²) in [4.78, 5) is 17.3. The van der Waals surface area contributed by atoms with Crippen LogP contribution >= 0.6 is 0 Å². The number of benzene rings is 2. The molecule has 0 bridgehead atoms. The van der Waals surface area contributed by atoms with Crippen molar-refractivity contribution < 1.29 is 18.7 Å². The number of nitrogens with zero attached hydrogens (tertiary/aromatic N) is 4. The minimum absolute atomic E-state index is 0.0633. The second-order valence-electron chi connectivity index (χ2n) is 12.1. The molecule has 1 saturated heterocycles. The van der Waals surface area contributed by atoms with Crippen molar-refractivity contribution in [2.75, 3.05) is 26.2 Å². The fourth-order valence-corrected chi connectivity index (χ4v) is 6.53. The molecule has 5 rings (SSSR count). The summed E-state index contributed by atoms with van der Waals surface area (Å²) in [6.45, 7) is 7.35. The highest BCUT2D eigenvalue weighted by atomic mass is 19.1. The van der Waals surface area contributed by atoms with Crippen LogP contribution in [0.5, 0.6) is 0 Å². The summed E-state index contributed by atoms with van der Waals surface area (Å²) in [7, 11) is 1.80. The summed E-state index contributed by atoms with van der Waals surface area (Å²) < 4.78 is 33.0. The Kier molecular flexibility index (Phi) is 7.76. The largest absolute Gasteiger partial charge is 0.389 e. The topological polar surface area (TPSA) is 87.6 Å². The number of aryl methyl sites for hydroxylation is 1. The smallest absolute Gasteiger partial charge is 0.254 e. The van der Waals surface area contributed by atoms with Crippen LogP contribution in [0, 0.1) is 5.82 Å². The predicted molar refractivity (Wildman–Crippen MR) is 153 cm³/mol. The monoisotopic (exact) mass is 553 g/mol. The lowest BCUT2D eigenvalue weighted by molar-refractivity contribution is -0.0278. The number of amides is 1. The molecule has 1 atom stereocenters. The number of rotatable bonds is 7. The van der Waals surface area contributed by atoms with E-state index in [2.05, 4.69) is 5.10 Å². The van der Waals surface area contributed by atoms with Crippen LogP contribution in [0.1, 0.15) is 68.8 Å². The summed E-state index contributed by atoms with van der Waals surface area (Å²) in [6.07, 6.45) is 4.80. The van der Waals surface area contributed by atoms with E-state index in [0.717, 1.165) is 23.7 Å². The molecule has 0 radical (unpaired) electrons. The maximum atomic E-state index is 16.8. The fraction of sp³-hybridized carbons (Fsp3) is 0.548. The Labute approximate surface area is 234 Å². The van der Waals surface area contributed by atoms with Gasteiger partial charge in [0, 0.05) is 50.7 Å². The number of carbonyl (C=O) groups excluding carboxylic acids is 1. The molecule has 2 fully saturated rings. The van der Waals surface area contributed by atoms with E-state index in [4.69, 9.17) is 5.73 Å². The molecule has 1 amide bonds. The van der Waals surface area contributed by atoms with Crippen molar-refractivity contribution in [2.24, 2.45) is 12.8 Å². The van der Waals surface area contributed by atoms with Gasteiger partial charge in [0.15, 0.2) is 0 Å². The molecule has 3 aromatic rings. The molecule has 0 spiro atoms. The van der Waals surface area contributed by atoms with Crippen LogP contribution < -0.4 is 5.73 Å². The van der Waals surface area contributed by atoms with Gasteiger partial charge in [-0.05, 0) is 93.8 Å². The van der Waals surface area contributed by atoms with Crippen LogP contribution in [-0.2, 0) is 12.7 Å².